The summed E-state index contributed by atoms with van der Waals surface area (Å²) in [4.78, 5) is 14.6. The van der Waals surface area contributed by atoms with Crippen LogP contribution in [0, 0.1) is 5.92 Å². The van der Waals surface area contributed by atoms with Gasteiger partial charge in [0.15, 0.2) is 11.5 Å². The van der Waals surface area contributed by atoms with Crippen molar-refractivity contribution >= 4 is 11.7 Å². The van der Waals surface area contributed by atoms with E-state index in [4.69, 9.17) is 9.47 Å². The van der Waals surface area contributed by atoms with Crippen LogP contribution in [0.3, 0.4) is 0 Å². The normalized spacial score (nSPS) is 16.0. The van der Waals surface area contributed by atoms with Gasteiger partial charge in [0.25, 0.3) is 0 Å². The molecule has 1 aromatic carbocycles. The molecule has 134 valence electrons. The maximum absolute atomic E-state index is 12.1. The van der Waals surface area contributed by atoms with Gasteiger partial charge in [-0.2, -0.15) is 0 Å². The maximum Gasteiger partial charge on any atom is 0.319 e. The number of nitrogens with one attached hydrogen (secondary N) is 2. The Morgan fingerprint density at radius 3 is 2.46 bits per heavy atom. The average Bonchev–Trinajstić information content (AvgIpc) is 2.60. The fourth-order valence-corrected chi connectivity index (χ4v) is 3.00. The van der Waals surface area contributed by atoms with Crippen molar-refractivity contribution in [3.05, 3.63) is 18.2 Å². The van der Waals surface area contributed by atoms with Gasteiger partial charge in [-0.15, -0.1) is 0 Å². The van der Waals surface area contributed by atoms with Crippen LogP contribution in [0.4, 0.5) is 10.5 Å². The van der Waals surface area contributed by atoms with Crippen molar-refractivity contribution in [2.45, 2.75) is 32.7 Å². The van der Waals surface area contributed by atoms with Gasteiger partial charge < -0.3 is 25.0 Å². The van der Waals surface area contributed by atoms with Gasteiger partial charge in [-0.05, 0) is 57.8 Å². The second-order valence-corrected chi connectivity index (χ2v) is 6.48. The Labute approximate surface area is 144 Å². The Morgan fingerprint density at radius 2 is 1.88 bits per heavy atom. The van der Waals surface area contributed by atoms with E-state index in [1.54, 1.807) is 32.4 Å². The first-order valence-corrected chi connectivity index (χ1v) is 8.54. The van der Waals surface area contributed by atoms with Crippen molar-refractivity contribution in [1.82, 2.24) is 10.2 Å². The van der Waals surface area contributed by atoms with E-state index in [9.17, 15) is 4.79 Å². The molecule has 1 aromatic rings. The van der Waals surface area contributed by atoms with E-state index in [1.807, 2.05) is 0 Å². The Kier molecular flexibility index (Phi) is 6.73. The minimum absolute atomic E-state index is 0.187. The number of piperidine rings is 1. The largest absolute Gasteiger partial charge is 0.493 e. The number of hydrogen-bond donors (Lipinski definition) is 2. The number of ether oxygens (including phenoxy) is 2. The molecule has 0 aromatic heterocycles. The quantitative estimate of drug-likeness (QED) is 0.839. The SMILES string of the molecule is COc1ccc(NC(=O)NCC2CCN(C(C)C)CC2)cc1OC. The van der Waals surface area contributed by atoms with Crippen LogP contribution in [-0.4, -0.2) is 50.8 Å². The molecule has 0 saturated carbocycles. The van der Waals surface area contributed by atoms with E-state index in [2.05, 4.69) is 29.4 Å². The molecule has 6 heteroatoms. The fourth-order valence-electron chi connectivity index (χ4n) is 3.00. The van der Waals surface area contributed by atoms with E-state index < -0.39 is 0 Å². The first-order valence-electron chi connectivity index (χ1n) is 8.54. The number of rotatable bonds is 6. The Balaban J connectivity index is 1.78. The van der Waals surface area contributed by atoms with Crippen LogP contribution in [0.15, 0.2) is 18.2 Å². The second kappa shape index (κ2) is 8.78. The van der Waals surface area contributed by atoms with Gasteiger partial charge >= 0.3 is 6.03 Å². The Morgan fingerprint density at radius 1 is 1.21 bits per heavy atom. The summed E-state index contributed by atoms with van der Waals surface area (Å²) in [7, 11) is 3.16. The number of amides is 2. The number of carbonyl (C=O) groups excluding carboxylic acids is 1. The monoisotopic (exact) mass is 335 g/mol. The molecule has 1 aliphatic heterocycles. The predicted molar refractivity (Wildman–Crippen MR) is 96.0 cm³/mol. The summed E-state index contributed by atoms with van der Waals surface area (Å²) >= 11 is 0. The third kappa shape index (κ3) is 5.03. The van der Waals surface area contributed by atoms with Crippen LogP contribution in [0.25, 0.3) is 0 Å². The molecule has 0 radical (unpaired) electrons. The lowest BCUT2D eigenvalue weighted by atomic mass is 9.96. The standard InChI is InChI=1S/C18H29N3O3/c1-13(2)21-9-7-14(8-10-21)12-19-18(22)20-15-5-6-16(23-3)17(11-15)24-4/h5-6,11,13-14H,7-10,12H2,1-4H3,(H2,19,20,22). The molecule has 1 aliphatic rings. The van der Waals surface area contributed by atoms with Gasteiger partial charge in [-0.25, -0.2) is 4.79 Å². The molecule has 24 heavy (non-hydrogen) atoms. The summed E-state index contributed by atoms with van der Waals surface area (Å²) in [6.07, 6.45) is 2.27. The van der Waals surface area contributed by atoms with Gasteiger partial charge in [-0.3, -0.25) is 0 Å². The highest BCUT2D eigenvalue weighted by atomic mass is 16.5. The first-order chi connectivity index (χ1) is 11.5. The molecule has 0 atom stereocenters. The highest BCUT2D eigenvalue weighted by Gasteiger charge is 2.21. The van der Waals surface area contributed by atoms with Crippen molar-refractivity contribution in [1.29, 1.82) is 0 Å². The number of methoxy groups -OCH3 is 2. The zero-order valence-electron chi connectivity index (χ0n) is 15.1. The smallest absolute Gasteiger partial charge is 0.319 e. The molecule has 0 unspecified atom stereocenters. The second-order valence-electron chi connectivity index (χ2n) is 6.48. The average molecular weight is 335 g/mol. The van der Waals surface area contributed by atoms with E-state index in [0.717, 1.165) is 25.9 Å². The van der Waals surface area contributed by atoms with Gasteiger partial charge in [0.2, 0.25) is 0 Å². The minimum Gasteiger partial charge on any atom is -0.493 e. The van der Waals surface area contributed by atoms with E-state index in [1.165, 1.54) is 0 Å². The number of nitrogens with zero attached hydrogens (tertiary/aromatic N) is 1. The van der Waals surface area contributed by atoms with Crippen LogP contribution in [0.1, 0.15) is 26.7 Å². The predicted octanol–water partition coefficient (Wildman–Crippen LogP) is 2.95. The van der Waals surface area contributed by atoms with Gasteiger partial charge in [0.1, 0.15) is 0 Å². The summed E-state index contributed by atoms with van der Waals surface area (Å²) in [5.74, 6) is 1.79. The summed E-state index contributed by atoms with van der Waals surface area (Å²) in [6, 6.07) is 5.73. The number of anilines is 1. The zero-order chi connectivity index (χ0) is 17.5. The minimum atomic E-state index is -0.187. The summed E-state index contributed by atoms with van der Waals surface area (Å²) in [5, 5.41) is 5.81. The highest BCUT2D eigenvalue weighted by molar-refractivity contribution is 5.89. The topological polar surface area (TPSA) is 62.8 Å². The summed E-state index contributed by atoms with van der Waals surface area (Å²) in [6.45, 7) is 7.40. The lowest BCUT2D eigenvalue weighted by Gasteiger charge is -2.34. The Bertz CT molecular complexity index is 540. The van der Waals surface area contributed by atoms with Crippen molar-refractivity contribution in [3.63, 3.8) is 0 Å². The van der Waals surface area contributed by atoms with E-state index >= 15 is 0 Å². The molecule has 2 amide bonds. The summed E-state index contributed by atoms with van der Waals surface area (Å²) in [5.41, 5.74) is 0.680. The first kappa shape index (κ1) is 18.4. The molecule has 6 nitrogen and oxygen atoms in total. The lowest BCUT2D eigenvalue weighted by molar-refractivity contribution is 0.149. The van der Waals surface area contributed by atoms with Crippen molar-refractivity contribution in [2.24, 2.45) is 5.92 Å². The van der Waals surface area contributed by atoms with Crippen LogP contribution < -0.4 is 20.1 Å². The van der Waals surface area contributed by atoms with Crippen LogP contribution in [0.5, 0.6) is 11.5 Å². The highest BCUT2D eigenvalue weighted by Crippen LogP contribution is 2.29. The number of likely N-dealkylation sites (tertiary alicyclic amines) is 1. The van der Waals surface area contributed by atoms with Gasteiger partial charge in [0, 0.05) is 24.3 Å². The van der Waals surface area contributed by atoms with E-state index in [0.29, 0.717) is 35.7 Å². The third-order valence-electron chi connectivity index (χ3n) is 4.57. The number of benzene rings is 1. The molecule has 2 N–H and O–H groups in total. The van der Waals surface area contributed by atoms with E-state index in [-0.39, 0.29) is 6.03 Å². The van der Waals surface area contributed by atoms with Gasteiger partial charge in [-0.1, -0.05) is 0 Å². The molecule has 0 spiro atoms. The molecule has 1 fully saturated rings. The van der Waals surface area contributed by atoms with Crippen LogP contribution in [0.2, 0.25) is 0 Å². The molecular weight excluding hydrogens is 306 g/mol. The number of hydrogen-bond acceptors (Lipinski definition) is 4. The van der Waals surface area contributed by atoms with Crippen molar-refractivity contribution in [3.8, 4) is 11.5 Å². The zero-order valence-corrected chi connectivity index (χ0v) is 15.1. The molecule has 0 aliphatic carbocycles. The molecule has 2 rings (SSSR count). The Hall–Kier alpha value is -1.95. The molecule has 1 saturated heterocycles. The van der Waals surface area contributed by atoms with Crippen LogP contribution >= 0.6 is 0 Å². The maximum atomic E-state index is 12.1. The molecular formula is C18H29N3O3. The number of carbonyl (C=O) groups is 1. The van der Waals surface area contributed by atoms with Crippen molar-refractivity contribution in [2.75, 3.05) is 39.2 Å². The van der Waals surface area contributed by atoms with Gasteiger partial charge in [0.05, 0.1) is 14.2 Å². The fraction of sp³-hybridized carbons (Fsp3) is 0.611. The van der Waals surface area contributed by atoms with Crippen molar-refractivity contribution < 1.29 is 14.3 Å². The van der Waals surface area contributed by atoms with Crippen LogP contribution in [-0.2, 0) is 0 Å². The lowest BCUT2D eigenvalue weighted by Crippen LogP contribution is -2.42. The summed E-state index contributed by atoms with van der Waals surface area (Å²) < 4.78 is 10.4. The number of urea groups is 1. The molecule has 1 heterocycles. The molecule has 0 bridgehead atoms. The third-order valence-corrected chi connectivity index (χ3v) is 4.57.